The van der Waals surface area contributed by atoms with E-state index >= 15 is 0 Å². The van der Waals surface area contributed by atoms with Crippen LogP contribution in [0.4, 0.5) is 0 Å². The highest BCUT2D eigenvalue weighted by atomic mass is 16.8. The second-order valence-corrected chi connectivity index (χ2v) is 11.6. The topological polar surface area (TPSA) is 108 Å². The van der Waals surface area contributed by atoms with E-state index in [-0.39, 0.29) is 11.8 Å². The van der Waals surface area contributed by atoms with Crippen LogP contribution in [0.15, 0.2) is 72.4 Å². The highest BCUT2D eigenvalue weighted by Crippen LogP contribution is 2.67. The number of esters is 3. The Kier molecular flexibility index (Phi) is 9.04. The van der Waals surface area contributed by atoms with Crippen molar-refractivity contribution in [3.63, 3.8) is 0 Å². The Morgan fingerprint density at radius 2 is 1.76 bits per heavy atom. The van der Waals surface area contributed by atoms with E-state index in [0.29, 0.717) is 24.8 Å². The van der Waals surface area contributed by atoms with Crippen LogP contribution in [0.2, 0.25) is 0 Å². The number of carbonyl (C=O) groups excluding carboxylic acids is 3. The number of rotatable bonds is 8. The number of allylic oxidation sites excluding steroid dienone is 3. The molecule has 0 radical (unpaired) electrons. The van der Waals surface area contributed by atoms with Gasteiger partial charge >= 0.3 is 17.9 Å². The van der Waals surface area contributed by atoms with Crippen LogP contribution >= 0.6 is 0 Å². The van der Waals surface area contributed by atoms with Gasteiger partial charge in [0, 0.05) is 25.5 Å². The van der Waals surface area contributed by atoms with Gasteiger partial charge in [0.2, 0.25) is 12.6 Å². The Morgan fingerprint density at radius 3 is 2.39 bits per heavy atom. The summed E-state index contributed by atoms with van der Waals surface area (Å²) in [6.45, 7) is 12.6. The summed E-state index contributed by atoms with van der Waals surface area (Å²) in [5.74, 6) is -2.04. The van der Waals surface area contributed by atoms with Crippen LogP contribution in [0.3, 0.4) is 0 Å². The molecule has 1 saturated carbocycles. The van der Waals surface area contributed by atoms with Crippen molar-refractivity contribution in [2.75, 3.05) is 0 Å². The van der Waals surface area contributed by atoms with Gasteiger partial charge in [0.1, 0.15) is 6.10 Å². The highest BCUT2D eigenvalue weighted by molar-refractivity contribution is 5.87. The maximum atomic E-state index is 13.0. The molecular formula is C33H40O8. The van der Waals surface area contributed by atoms with E-state index in [0.717, 1.165) is 11.1 Å². The predicted molar refractivity (Wildman–Crippen MR) is 153 cm³/mol. The van der Waals surface area contributed by atoms with Crippen molar-refractivity contribution < 1.29 is 38.4 Å². The van der Waals surface area contributed by atoms with E-state index in [4.69, 9.17) is 18.9 Å². The highest BCUT2D eigenvalue weighted by Gasteiger charge is 2.71. The second-order valence-electron chi connectivity index (χ2n) is 11.6. The zero-order valence-electron chi connectivity index (χ0n) is 24.4. The minimum Gasteiger partial charge on any atom is -0.455 e. The Bertz CT molecular complexity index is 1260. The molecule has 3 aliphatic rings. The number of hydrogen-bond acceptors (Lipinski definition) is 8. The Hall–Kier alpha value is -3.49. The maximum absolute atomic E-state index is 13.0. The fraction of sp³-hybridized carbons (Fsp3) is 0.485. The van der Waals surface area contributed by atoms with Gasteiger partial charge in [-0.2, -0.15) is 0 Å². The zero-order chi connectivity index (χ0) is 29.9. The summed E-state index contributed by atoms with van der Waals surface area (Å²) in [6.07, 6.45) is 5.97. The summed E-state index contributed by atoms with van der Waals surface area (Å²) in [5.41, 5.74) is 0.674. The first kappa shape index (κ1) is 30.5. The first-order valence-electron chi connectivity index (χ1n) is 14.0. The quantitative estimate of drug-likeness (QED) is 0.149. The third-order valence-electron chi connectivity index (χ3n) is 9.06. The van der Waals surface area contributed by atoms with Crippen LogP contribution in [-0.2, 0) is 33.3 Å². The smallest absolute Gasteiger partial charge is 0.331 e. The van der Waals surface area contributed by atoms with E-state index < -0.39 is 53.5 Å². The monoisotopic (exact) mass is 564 g/mol. The molecule has 1 aromatic rings. The first-order valence-corrected chi connectivity index (χ1v) is 14.0. The SMILES string of the molecule is C=CC(C)=CC[C@]1(C)[C@H]2C[C@@H](OC(=O)C=Cc3ccccc3)C=C3[C@@H](OC(C)=O)O[C@@H](OC(C)=O)[C@@]32[C@H](O)C[C@@H]1C. The number of aliphatic hydroxyl groups is 1. The van der Waals surface area contributed by atoms with Gasteiger partial charge < -0.3 is 19.3 Å². The lowest BCUT2D eigenvalue weighted by Gasteiger charge is -2.60. The van der Waals surface area contributed by atoms with Gasteiger partial charge in [-0.15, -0.1) is 0 Å². The van der Waals surface area contributed by atoms with E-state index in [1.165, 1.54) is 19.9 Å². The summed E-state index contributed by atoms with van der Waals surface area (Å²) in [4.78, 5) is 37.3. The number of benzene rings is 1. The first-order chi connectivity index (χ1) is 19.4. The van der Waals surface area contributed by atoms with Gasteiger partial charge in [-0.25, -0.2) is 4.79 Å². The molecular weight excluding hydrogens is 524 g/mol. The molecule has 0 aromatic heterocycles. The van der Waals surface area contributed by atoms with Gasteiger partial charge in [0.05, 0.1) is 11.5 Å². The molecule has 2 fully saturated rings. The van der Waals surface area contributed by atoms with E-state index in [2.05, 4.69) is 26.5 Å². The van der Waals surface area contributed by atoms with Crippen LogP contribution in [0, 0.1) is 22.7 Å². The van der Waals surface area contributed by atoms with Crippen molar-refractivity contribution in [3.05, 3.63) is 77.9 Å². The molecule has 8 nitrogen and oxygen atoms in total. The molecule has 4 rings (SSSR count). The molecule has 8 heteroatoms. The van der Waals surface area contributed by atoms with E-state index in [1.807, 2.05) is 37.3 Å². The molecule has 2 aliphatic carbocycles. The molecule has 1 aliphatic heterocycles. The van der Waals surface area contributed by atoms with Gasteiger partial charge in [-0.3, -0.25) is 14.3 Å². The van der Waals surface area contributed by atoms with Crippen molar-refractivity contribution in [1.29, 1.82) is 0 Å². The second kappa shape index (κ2) is 12.2. The van der Waals surface area contributed by atoms with Crippen LogP contribution in [0.5, 0.6) is 0 Å². The summed E-state index contributed by atoms with van der Waals surface area (Å²) in [5, 5.41) is 11.8. The number of carbonyl (C=O) groups is 3. The molecule has 1 spiro atoms. The largest absolute Gasteiger partial charge is 0.455 e. The van der Waals surface area contributed by atoms with Crippen molar-refractivity contribution in [1.82, 2.24) is 0 Å². The molecule has 1 N–H and O–H groups in total. The lowest BCUT2D eigenvalue weighted by atomic mass is 9.45. The lowest BCUT2D eigenvalue weighted by molar-refractivity contribution is -0.253. The third kappa shape index (κ3) is 5.95. The minimum atomic E-state index is -1.21. The fourth-order valence-corrected chi connectivity index (χ4v) is 6.79. The fourth-order valence-electron chi connectivity index (χ4n) is 6.79. The normalized spacial score (nSPS) is 34.7. The zero-order valence-corrected chi connectivity index (χ0v) is 24.4. The summed E-state index contributed by atoms with van der Waals surface area (Å²) in [6, 6.07) is 9.41. The standard InChI is InChI=1S/C33H40O8/c1-7-20(2)15-16-32(6)21(3)17-28(36)33-26(30(38-22(4)34)41-31(33)39-23(5)35)18-25(19-27(32)33)40-29(37)14-13-24-11-9-8-10-12-24/h7-15,18,21,25,27-28,30-31,36H,1,16-17,19H2,2-6H3/t21-,25-,27+,28+,30-,31+,32-,33-/m0/s1. The number of aliphatic hydroxyl groups excluding tert-OH is 1. The van der Waals surface area contributed by atoms with Crippen LogP contribution in [0.1, 0.15) is 59.4 Å². The van der Waals surface area contributed by atoms with Crippen LogP contribution in [0.25, 0.3) is 6.08 Å². The molecule has 8 atom stereocenters. The minimum absolute atomic E-state index is 0.0430. The predicted octanol–water partition coefficient (Wildman–Crippen LogP) is 5.28. The Morgan fingerprint density at radius 1 is 1.07 bits per heavy atom. The average molecular weight is 565 g/mol. The molecule has 0 unspecified atom stereocenters. The van der Waals surface area contributed by atoms with Crippen molar-refractivity contribution >= 4 is 24.0 Å². The van der Waals surface area contributed by atoms with Gasteiger partial charge in [-0.05, 0) is 61.2 Å². The van der Waals surface area contributed by atoms with Crippen LogP contribution < -0.4 is 0 Å². The van der Waals surface area contributed by atoms with E-state index in [1.54, 1.807) is 18.2 Å². The Labute approximate surface area is 241 Å². The molecule has 220 valence electrons. The lowest BCUT2D eigenvalue weighted by Crippen LogP contribution is -2.63. The molecule has 41 heavy (non-hydrogen) atoms. The molecule has 0 bridgehead atoms. The number of ether oxygens (including phenoxy) is 4. The summed E-state index contributed by atoms with van der Waals surface area (Å²) < 4.78 is 23.3. The number of hydrogen-bond donors (Lipinski definition) is 1. The average Bonchev–Trinajstić information content (AvgIpc) is 3.21. The maximum Gasteiger partial charge on any atom is 0.331 e. The third-order valence-corrected chi connectivity index (χ3v) is 9.06. The van der Waals surface area contributed by atoms with Gasteiger partial charge in [0.15, 0.2) is 0 Å². The summed E-state index contributed by atoms with van der Waals surface area (Å²) in [7, 11) is 0. The van der Waals surface area contributed by atoms with Gasteiger partial charge in [-0.1, -0.05) is 68.5 Å². The molecule has 0 amide bonds. The Balaban J connectivity index is 1.80. The molecule has 1 aromatic carbocycles. The van der Waals surface area contributed by atoms with Crippen molar-refractivity contribution in [3.8, 4) is 0 Å². The van der Waals surface area contributed by atoms with Gasteiger partial charge in [0.25, 0.3) is 0 Å². The summed E-state index contributed by atoms with van der Waals surface area (Å²) >= 11 is 0. The molecule has 1 heterocycles. The van der Waals surface area contributed by atoms with Crippen molar-refractivity contribution in [2.24, 2.45) is 22.7 Å². The van der Waals surface area contributed by atoms with Crippen molar-refractivity contribution in [2.45, 2.75) is 78.7 Å². The van der Waals surface area contributed by atoms with Crippen LogP contribution in [-0.4, -0.2) is 47.8 Å². The van der Waals surface area contributed by atoms with E-state index in [9.17, 15) is 19.5 Å². The molecule has 1 saturated heterocycles.